The van der Waals surface area contributed by atoms with Gasteiger partial charge >= 0.3 is 6.18 Å². The average molecular weight is 300 g/mol. The molecule has 0 aliphatic carbocycles. The van der Waals surface area contributed by atoms with Crippen molar-refractivity contribution in [2.45, 2.75) is 18.8 Å². The van der Waals surface area contributed by atoms with Gasteiger partial charge in [-0.1, -0.05) is 18.2 Å². The lowest BCUT2D eigenvalue weighted by molar-refractivity contribution is -0.144. The maximum Gasteiger partial charge on any atom is 0.431 e. The second-order valence-electron chi connectivity index (χ2n) is 4.52. The van der Waals surface area contributed by atoms with Crippen molar-refractivity contribution < 1.29 is 17.6 Å². The van der Waals surface area contributed by atoms with Crippen LogP contribution in [0.4, 0.5) is 17.6 Å². The van der Waals surface area contributed by atoms with Crippen LogP contribution in [0, 0.1) is 5.82 Å². The Morgan fingerprint density at radius 2 is 1.71 bits per heavy atom. The van der Waals surface area contributed by atoms with Crippen molar-refractivity contribution in [1.29, 1.82) is 0 Å². The third-order valence-electron chi connectivity index (χ3n) is 3.02. The summed E-state index contributed by atoms with van der Waals surface area (Å²) in [7, 11) is 0. The van der Waals surface area contributed by atoms with Crippen LogP contribution in [0.25, 0.3) is 0 Å². The van der Waals surface area contributed by atoms with Crippen LogP contribution in [0.5, 0.6) is 0 Å². The van der Waals surface area contributed by atoms with Gasteiger partial charge in [0.2, 0.25) is 0 Å². The van der Waals surface area contributed by atoms with Crippen LogP contribution in [0.2, 0.25) is 0 Å². The lowest BCUT2D eigenvalue weighted by Gasteiger charge is -2.19. The number of hydrogen-bond donors (Lipinski definition) is 1. The Morgan fingerprint density at radius 1 is 1.10 bits per heavy atom. The molecule has 2 N–H and O–H groups in total. The van der Waals surface area contributed by atoms with E-state index in [-0.39, 0.29) is 6.54 Å². The number of halogens is 4. The molecule has 3 nitrogen and oxygen atoms in total. The zero-order valence-corrected chi connectivity index (χ0v) is 10.8. The second kappa shape index (κ2) is 5.69. The van der Waals surface area contributed by atoms with Gasteiger partial charge in [0, 0.05) is 18.7 Å². The molecule has 0 bridgehead atoms. The zero-order chi connectivity index (χ0) is 15.6. The molecule has 1 unspecified atom stereocenters. The van der Waals surface area contributed by atoms with Gasteiger partial charge in [0.1, 0.15) is 11.5 Å². The van der Waals surface area contributed by atoms with Gasteiger partial charge in [-0.15, -0.1) is 0 Å². The monoisotopic (exact) mass is 300 g/mol. The van der Waals surface area contributed by atoms with Gasteiger partial charge in [0.25, 0.3) is 5.56 Å². The van der Waals surface area contributed by atoms with Crippen molar-refractivity contribution in [2.24, 2.45) is 5.73 Å². The third-order valence-corrected chi connectivity index (χ3v) is 3.02. The smallest absolute Gasteiger partial charge is 0.322 e. The fourth-order valence-electron chi connectivity index (χ4n) is 1.97. The summed E-state index contributed by atoms with van der Waals surface area (Å²) in [6, 6.07) is 7.12. The molecule has 21 heavy (non-hydrogen) atoms. The maximum atomic E-state index is 12.9. The number of nitrogens with zero attached hydrogens (tertiary/aromatic N) is 1. The molecule has 1 heterocycles. The number of aromatic nitrogens is 1. The maximum absolute atomic E-state index is 12.9. The van der Waals surface area contributed by atoms with E-state index >= 15 is 0 Å². The number of rotatable bonds is 3. The fraction of sp³-hybridized carbons (Fsp3) is 0.214. The Kier molecular flexibility index (Phi) is 4.13. The summed E-state index contributed by atoms with van der Waals surface area (Å²) in [4.78, 5) is 11.7. The summed E-state index contributed by atoms with van der Waals surface area (Å²) in [5.74, 6) is -0.473. The minimum Gasteiger partial charge on any atom is -0.322 e. The molecule has 2 rings (SSSR count). The van der Waals surface area contributed by atoms with Crippen LogP contribution >= 0.6 is 0 Å². The van der Waals surface area contributed by atoms with Gasteiger partial charge in [-0.3, -0.25) is 4.79 Å². The lowest BCUT2D eigenvalue weighted by Crippen LogP contribution is -2.31. The molecule has 0 saturated carbocycles. The Balaban J connectivity index is 2.35. The zero-order valence-electron chi connectivity index (χ0n) is 10.8. The standard InChI is InChI=1S/C14H12F4N2O/c15-10-6-4-9(5-7-10)11(19)8-20-12(14(16,17)18)2-1-3-13(20)21/h1-7,11H,8,19H2. The minimum atomic E-state index is -4.65. The molecule has 1 aromatic heterocycles. The van der Waals surface area contributed by atoms with Gasteiger partial charge in [0.15, 0.2) is 0 Å². The Labute approximate surface area is 117 Å². The van der Waals surface area contributed by atoms with E-state index in [9.17, 15) is 22.4 Å². The highest BCUT2D eigenvalue weighted by molar-refractivity contribution is 5.20. The van der Waals surface area contributed by atoms with E-state index in [0.717, 1.165) is 30.3 Å². The molecule has 1 aromatic carbocycles. The molecule has 1 atom stereocenters. The molecule has 0 radical (unpaired) electrons. The topological polar surface area (TPSA) is 48.0 Å². The number of alkyl halides is 3. The molecule has 0 amide bonds. The Morgan fingerprint density at radius 3 is 2.29 bits per heavy atom. The van der Waals surface area contributed by atoms with Crippen LogP contribution in [0.1, 0.15) is 17.3 Å². The molecule has 0 fully saturated rings. The molecule has 2 aromatic rings. The quantitative estimate of drug-likeness (QED) is 0.886. The largest absolute Gasteiger partial charge is 0.431 e. The summed E-state index contributed by atoms with van der Waals surface area (Å²) in [5, 5.41) is 0. The highest BCUT2D eigenvalue weighted by Crippen LogP contribution is 2.28. The van der Waals surface area contributed by atoms with Crippen LogP contribution in [0.15, 0.2) is 47.3 Å². The summed E-state index contributed by atoms with van der Waals surface area (Å²) < 4.78 is 52.0. The first-order valence-corrected chi connectivity index (χ1v) is 6.07. The van der Waals surface area contributed by atoms with Gasteiger partial charge in [-0.05, 0) is 23.8 Å². The van der Waals surface area contributed by atoms with E-state index in [1.807, 2.05) is 0 Å². The number of hydrogen-bond acceptors (Lipinski definition) is 2. The lowest BCUT2D eigenvalue weighted by atomic mass is 10.1. The Bertz CT molecular complexity index is 677. The van der Waals surface area contributed by atoms with Crippen molar-refractivity contribution in [3.63, 3.8) is 0 Å². The van der Waals surface area contributed by atoms with E-state index in [2.05, 4.69) is 0 Å². The molecule has 0 aliphatic rings. The summed E-state index contributed by atoms with van der Waals surface area (Å²) >= 11 is 0. The van der Waals surface area contributed by atoms with E-state index < -0.39 is 29.3 Å². The SMILES string of the molecule is NC(Cn1c(C(F)(F)F)cccc1=O)c1ccc(F)cc1. The molecule has 7 heteroatoms. The number of benzene rings is 1. The number of pyridine rings is 1. The van der Waals surface area contributed by atoms with Crippen LogP contribution < -0.4 is 11.3 Å². The third kappa shape index (κ3) is 3.49. The average Bonchev–Trinajstić information content (AvgIpc) is 2.40. The highest BCUT2D eigenvalue weighted by atomic mass is 19.4. The number of nitrogens with two attached hydrogens (primary N) is 1. The van der Waals surface area contributed by atoms with Crippen LogP contribution in [-0.2, 0) is 12.7 Å². The summed E-state index contributed by atoms with van der Waals surface area (Å²) in [6.45, 7) is -0.347. The van der Waals surface area contributed by atoms with E-state index in [0.29, 0.717) is 10.1 Å². The van der Waals surface area contributed by atoms with E-state index in [4.69, 9.17) is 5.73 Å². The molecular formula is C14H12F4N2O. The second-order valence-corrected chi connectivity index (χ2v) is 4.52. The molecule has 112 valence electrons. The van der Waals surface area contributed by atoms with E-state index in [1.54, 1.807) is 0 Å². The van der Waals surface area contributed by atoms with Gasteiger partial charge in [-0.25, -0.2) is 4.39 Å². The molecule has 0 spiro atoms. The first-order chi connectivity index (χ1) is 9.79. The van der Waals surface area contributed by atoms with Gasteiger partial charge in [0.05, 0.1) is 0 Å². The van der Waals surface area contributed by atoms with Crippen molar-refractivity contribution in [1.82, 2.24) is 4.57 Å². The van der Waals surface area contributed by atoms with Crippen molar-refractivity contribution in [2.75, 3.05) is 0 Å². The van der Waals surface area contributed by atoms with Crippen LogP contribution in [-0.4, -0.2) is 4.57 Å². The summed E-state index contributed by atoms with van der Waals surface area (Å²) in [5.41, 5.74) is 4.40. The Hall–Kier alpha value is -2.15. The normalized spacial score (nSPS) is 13.2. The molecular weight excluding hydrogens is 288 g/mol. The minimum absolute atomic E-state index is 0.347. The summed E-state index contributed by atoms with van der Waals surface area (Å²) in [6.07, 6.45) is -4.65. The predicted molar refractivity (Wildman–Crippen MR) is 69.0 cm³/mol. The van der Waals surface area contributed by atoms with E-state index in [1.165, 1.54) is 12.1 Å². The van der Waals surface area contributed by atoms with Crippen LogP contribution in [0.3, 0.4) is 0 Å². The van der Waals surface area contributed by atoms with Gasteiger partial charge in [-0.2, -0.15) is 13.2 Å². The fourth-order valence-corrected chi connectivity index (χ4v) is 1.97. The van der Waals surface area contributed by atoms with Crippen molar-refractivity contribution >= 4 is 0 Å². The van der Waals surface area contributed by atoms with Crippen molar-refractivity contribution in [3.05, 3.63) is 69.9 Å². The highest BCUT2D eigenvalue weighted by Gasteiger charge is 2.34. The first kappa shape index (κ1) is 15.2. The van der Waals surface area contributed by atoms with Gasteiger partial charge < -0.3 is 10.3 Å². The molecule has 0 aliphatic heterocycles. The van der Waals surface area contributed by atoms with Crippen molar-refractivity contribution in [3.8, 4) is 0 Å². The molecule has 0 saturated heterocycles. The first-order valence-electron chi connectivity index (χ1n) is 6.07. The predicted octanol–water partition coefficient (Wildman–Crippen LogP) is 2.71.